The summed E-state index contributed by atoms with van der Waals surface area (Å²) in [5.74, 6) is 0.533. The molecular formula is C11H18N4O2. The van der Waals surface area contributed by atoms with Crippen molar-refractivity contribution < 1.29 is 9.90 Å². The summed E-state index contributed by atoms with van der Waals surface area (Å²) < 4.78 is 0. The van der Waals surface area contributed by atoms with Crippen LogP contribution in [-0.4, -0.2) is 38.3 Å². The Morgan fingerprint density at radius 2 is 2.29 bits per heavy atom. The number of carbonyl (C=O) groups is 1. The van der Waals surface area contributed by atoms with Gasteiger partial charge in [0.15, 0.2) is 0 Å². The molecule has 6 heteroatoms. The van der Waals surface area contributed by atoms with E-state index in [-0.39, 0.29) is 17.8 Å². The first-order valence-electron chi connectivity index (χ1n) is 6.11. The Balaban J connectivity index is 1.96. The smallest absolute Gasteiger partial charge is 0.291 e. The SMILES string of the molecule is CCc1nc(C(=O)NC2CCCCC2O)n[nH]1. The minimum atomic E-state index is -0.447. The first-order chi connectivity index (χ1) is 8.20. The Morgan fingerprint density at radius 1 is 1.53 bits per heavy atom. The van der Waals surface area contributed by atoms with E-state index in [0.717, 1.165) is 25.7 Å². The lowest BCUT2D eigenvalue weighted by molar-refractivity contribution is 0.0710. The van der Waals surface area contributed by atoms with Crippen molar-refractivity contribution in [1.29, 1.82) is 0 Å². The zero-order valence-corrected chi connectivity index (χ0v) is 9.94. The monoisotopic (exact) mass is 238 g/mol. The molecule has 6 nitrogen and oxygen atoms in total. The molecule has 0 radical (unpaired) electrons. The number of carbonyl (C=O) groups excluding carboxylic acids is 1. The van der Waals surface area contributed by atoms with Crippen LogP contribution in [0.1, 0.15) is 49.1 Å². The molecule has 2 atom stereocenters. The predicted molar refractivity (Wildman–Crippen MR) is 61.5 cm³/mol. The number of aryl methyl sites for hydroxylation is 1. The second-order valence-electron chi connectivity index (χ2n) is 4.39. The summed E-state index contributed by atoms with van der Waals surface area (Å²) in [6.45, 7) is 1.94. The third-order valence-electron chi connectivity index (χ3n) is 3.12. The summed E-state index contributed by atoms with van der Waals surface area (Å²) in [6.07, 6.45) is 3.89. The molecule has 2 unspecified atom stereocenters. The molecule has 1 saturated carbocycles. The van der Waals surface area contributed by atoms with E-state index in [1.807, 2.05) is 6.92 Å². The van der Waals surface area contributed by atoms with Crippen LogP contribution in [0.3, 0.4) is 0 Å². The molecule has 3 N–H and O–H groups in total. The molecule has 0 spiro atoms. The molecule has 1 heterocycles. The van der Waals surface area contributed by atoms with Gasteiger partial charge in [0.2, 0.25) is 5.82 Å². The maximum atomic E-state index is 11.8. The zero-order chi connectivity index (χ0) is 12.3. The van der Waals surface area contributed by atoms with Crippen LogP contribution in [0.25, 0.3) is 0 Å². The number of hydrogen-bond acceptors (Lipinski definition) is 4. The first kappa shape index (κ1) is 12.0. The van der Waals surface area contributed by atoms with Crippen molar-refractivity contribution in [2.45, 2.75) is 51.2 Å². The van der Waals surface area contributed by atoms with Crippen LogP contribution in [-0.2, 0) is 6.42 Å². The van der Waals surface area contributed by atoms with E-state index >= 15 is 0 Å². The topological polar surface area (TPSA) is 90.9 Å². The highest BCUT2D eigenvalue weighted by Gasteiger charge is 2.25. The van der Waals surface area contributed by atoms with Crippen LogP contribution in [0, 0.1) is 0 Å². The highest BCUT2D eigenvalue weighted by Crippen LogP contribution is 2.18. The third kappa shape index (κ3) is 2.82. The number of nitrogens with one attached hydrogen (secondary N) is 2. The molecule has 1 fully saturated rings. The van der Waals surface area contributed by atoms with Crippen molar-refractivity contribution in [3.63, 3.8) is 0 Å². The van der Waals surface area contributed by atoms with Gasteiger partial charge in [0.25, 0.3) is 5.91 Å². The van der Waals surface area contributed by atoms with E-state index in [2.05, 4.69) is 20.5 Å². The van der Waals surface area contributed by atoms with Gasteiger partial charge in [-0.2, -0.15) is 0 Å². The van der Waals surface area contributed by atoms with Gasteiger partial charge in [0.1, 0.15) is 5.82 Å². The molecule has 1 aromatic rings. The number of nitrogens with zero attached hydrogens (tertiary/aromatic N) is 2. The van der Waals surface area contributed by atoms with Crippen LogP contribution in [0.15, 0.2) is 0 Å². The standard InChI is InChI=1S/C11H18N4O2/c1-2-9-13-10(15-14-9)11(17)12-7-5-3-4-6-8(7)16/h7-8,16H,2-6H2,1H3,(H,12,17)(H,13,14,15). The number of aliphatic hydroxyl groups is 1. The van der Waals surface area contributed by atoms with Crippen molar-refractivity contribution in [2.24, 2.45) is 0 Å². The number of hydrogen-bond donors (Lipinski definition) is 3. The molecular weight excluding hydrogens is 220 g/mol. The van der Waals surface area contributed by atoms with Crippen molar-refractivity contribution in [1.82, 2.24) is 20.5 Å². The highest BCUT2D eigenvalue weighted by molar-refractivity contribution is 5.90. The van der Waals surface area contributed by atoms with Crippen LogP contribution in [0.2, 0.25) is 0 Å². The van der Waals surface area contributed by atoms with Gasteiger partial charge in [0, 0.05) is 6.42 Å². The van der Waals surface area contributed by atoms with Gasteiger partial charge in [-0.25, -0.2) is 4.98 Å². The van der Waals surface area contributed by atoms with Crippen molar-refractivity contribution >= 4 is 5.91 Å². The van der Waals surface area contributed by atoms with Gasteiger partial charge >= 0.3 is 0 Å². The number of H-pyrrole nitrogens is 1. The van der Waals surface area contributed by atoms with Crippen molar-refractivity contribution in [3.05, 3.63) is 11.6 Å². The fraction of sp³-hybridized carbons (Fsp3) is 0.727. The minimum Gasteiger partial charge on any atom is -0.391 e. The van der Waals surface area contributed by atoms with Gasteiger partial charge in [-0.05, 0) is 12.8 Å². The van der Waals surface area contributed by atoms with Gasteiger partial charge in [-0.3, -0.25) is 9.89 Å². The molecule has 17 heavy (non-hydrogen) atoms. The number of rotatable bonds is 3. The Labute approximate surface area is 99.8 Å². The van der Waals surface area contributed by atoms with Crippen LogP contribution in [0.5, 0.6) is 0 Å². The number of amides is 1. The van der Waals surface area contributed by atoms with Crippen molar-refractivity contribution in [2.75, 3.05) is 0 Å². The number of aromatic amines is 1. The molecule has 94 valence electrons. The Morgan fingerprint density at radius 3 is 2.94 bits per heavy atom. The molecule has 1 aliphatic carbocycles. The average Bonchev–Trinajstić information content (AvgIpc) is 2.81. The largest absolute Gasteiger partial charge is 0.391 e. The number of aliphatic hydroxyl groups excluding tert-OH is 1. The van der Waals surface area contributed by atoms with E-state index in [1.165, 1.54) is 0 Å². The third-order valence-corrected chi connectivity index (χ3v) is 3.12. The predicted octanol–water partition coefficient (Wildman–Crippen LogP) is 0.400. The van der Waals surface area contributed by atoms with E-state index in [1.54, 1.807) is 0 Å². The van der Waals surface area contributed by atoms with Crippen LogP contribution < -0.4 is 5.32 Å². The fourth-order valence-corrected chi connectivity index (χ4v) is 2.07. The van der Waals surface area contributed by atoms with E-state index in [9.17, 15) is 9.90 Å². The van der Waals surface area contributed by atoms with Gasteiger partial charge in [0.05, 0.1) is 12.1 Å². The van der Waals surface area contributed by atoms with E-state index in [4.69, 9.17) is 0 Å². The molecule has 0 aromatic carbocycles. The lowest BCUT2D eigenvalue weighted by Crippen LogP contribution is -2.45. The molecule has 0 aliphatic heterocycles. The molecule has 0 bridgehead atoms. The zero-order valence-electron chi connectivity index (χ0n) is 9.94. The Kier molecular flexibility index (Phi) is 3.73. The summed E-state index contributed by atoms with van der Waals surface area (Å²) in [7, 11) is 0. The average molecular weight is 238 g/mol. The van der Waals surface area contributed by atoms with E-state index in [0.29, 0.717) is 12.2 Å². The maximum Gasteiger partial charge on any atom is 0.291 e. The summed E-state index contributed by atoms with van der Waals surface area (Å²) >= 11 is 0. The second-order valence-corrected chi connectivity index (χ2v) is 4.39. The highest BCUT2D eigenvalue weighted by atomic mass is 16.3. The minimum absolute atomic E-state index is 0.152. The molecule has 1 aliphatic rings. The summed E-state index contributed by atoms with van der Waals surface area (Å²) in [5, 5.41) is 19.1. The lowest BCUT2D eigenvalue weighted by Gasteiger charge is -2.27. The maximum absolute atomic E-state index is 11.8. The van der Waals surface area contributed by atoms with Gasteiger partial charge in [-0.1, -0.05) is 19.8 Å². The molecule has 1 amide bonds. The van der Waals surface area contributed by atoms with Gasteiger partial charge in [-0.15, -0.1) is 5.10 Å². The molecule has 1 aromatic heterocycles. The first-order valence-corrected chi connectivity index (χ1v) is 6.11. The van der Waals surface area contributed by atoms with Crippen molar-refractivity contribution in [3.8, 4) is 0 Å². The van der Waals surface area contributed by atoms with E-state index < -0.39 is 6.10 Å². The van der Waals surface area contributed by atoms with Crippen LogP contribution >= 0.6 is 0 Å². The molecule has 2 rings (SSSR count). The summed E-state index contributed by atoms with van der Waals surface area (Å²) in [6, 6.07) is -0.167. The Bertz CT molecular complexity index is 391. The molecule has 0 saturated heterocycles. The second kappa shape index (κ2) is 5.27. The van der Waals surface area contributed by atoms with Crippen LogP contribution in [0.4, 0.5) is 0 Å². The Hall–Kier alpha value is -1.43. The normalized spacial score (nSPS) is 24.6. The summed E-state index contributed by atoms with van der Waals surface area (Å²) in [4.78, 5) is 15.9. The lowest BCUT2D eigenvalue weighted by atomic mass is 9.92. The fourth-order valence-electron chi connectivity index (χ4n) is 2.07. The quantitative estimate of drug-likeness (QED) is 0.711. The summed E-state index contributed by atoms with van der Waals surface area (Å²) in [5.41, 5.74) is 0. The van der Waals surface area contributed by atoms with Gasteiger partial charge < -0.3 is 10.4 Å². The number of aromatic nitrogens is 3.